The Morgan fingerprint density at radius 1 is 0.933 bits per heavy atom. The topological polar surface area (TPSA) is 37.4 Å². The maximum atomic E-state index is 13.4. The number of aryl methyl sites for hydroxylation is 1. The molecule has 5 aliphatic rings. The molecule has 1 saturated heterocycles. The molecule has 8 unspecified atom stereocenters. The quantitative estimate of drug-likeness (QED) is 0.623. The lowest BCUT2D eigenvalue weighted by Crippen LogP contribution is -2.35. The molecule has 0 aromatic heterocycles. The van der Waals surface area contributed by atoms with Gasteiger partial charge >= 0.3 is 0 Å². The third-order valence-corrected chi connectivity index (χ3v) is 10.3. The maximum Gasteiger partial charge on any atom is 0.237 e. The number of rotatable bonds is 4. The smallest absolute Gasteiger partial charge is 0.237 e. The van der Waals surface area contributed by atoms with Gasteiger partial charge in [0.1, 0.15) is 0 Å². The highest BCUT2D eigenvalue weighted by Gasteiger charge is 2.64. The number of amides is 2. The summed E-state index contributed by atoms with van der Waals surface area (Å²) in [4.78, 5) is 28.2. The summed E-state index contributed by atoms with van der Waals surface area (Å²) in [5.74, 6) is 5.98. The number of hydrogen-bond donors (Lipinski definition) is 0. The molecule has 3 nitrogen and oxygen atoms in total. The van der Waals surface area contributed by atoms with E-state index < -0.39 is 0 Å². The van der Waals surface area contributed by atoms with Crippen LogP contribution in [0.2, 0.25) is 0 Å². The maximum absolute atomic E-state index is 13.4. The van der Waals surface area contributed by atoms with Crippen molar-refractivity contribution in [3.63, 3.8) is 0 Å². The number of carbonyl (C=O) groups is 2. The van der Waals surface area contributed by atoms with Gasteiger partial charge in [0.15, 0.2) is 0 Å². The molecule has 10 atom stereocenters. The van der Waals surface area contributed by atoms with E-state index in [1.54, 1.807) is 0 Å². The zero-order valence-electron chi connectivity index (χ0n) is 18.6. The molecule has 4 aliphatic carbocycles. The Morgan fingerprint density at radius 3 is 2.33 bits per heavy atom. The lowest BCUT2D eigenvalue weighted by atomic mass is 9.67. The van der Waals surface area contributed by atoms with E-state index in [9.17, 15) is 9.59 Å². The van der Waals surface area contributed by atoms with Gasteiger partial charge in [0.25, 0.3) is 0 Å². The van der Waals surface area contributed by atoms with Crippen LogP contribution >= 0.6 is 0 Å². The summed E-state index contributed by atoms with van der Waals surface area (Å²) < 4.78 is 0. The molecule has 3 heteroatoms. The second-order valence-corrected chi connectivity index (χ2v) is 11.5. The molecule has 4 saturated carbocycles. The fourth-order valence-corrected chi connectivity index (χ4v) is 8.82. The van der Waals surface area contributed by atoms with Gasteiger partial charge in [-0.25, -0.2) is 0 Å². The number of fused-ring (bicyclic) bond motifs is 7. The van der Waals surface area contributed by atoms with Crippen LogP contribution in [-0.4, -0.2) is 11.8 Å². The Kier molecular flexibility index (Phi) is 4.25. The summed E-state index contributed by atoms with van der Waals surface area (Å²) in [6.07, 6.45) is 8.00. The average molecular weight is 406 g/mol. The van der Waals surface area contributed by atoms with Gasteiger partial charge in [-0.2, -0.15) is 0 Å². The van der Waals surface area contributed by atoms with Crippen molar-refractivity contribution in [2.45, 2.75) is 59.3 Å². The summed E-state index contributed by atoms with van der Waals surface area (Å²) in [7, 11) is 0. The van der Waals surface area contributed by atoms with Crippen molar-refractivity contribution in [2.24, 2.45) is 59.2 Å². The van der Waals surface area contributed by atoms with Crippen molar-refractivity contribution in [2.75, 3.05) is 4.90 Å². The van der Waals surface area contributed by atoms with Crippen LogP contribution in [0.15, 0.2) is 24.3 Å². The van der Waals surface area contributed by atoms with E-state index in [1.807, 2.05) is 31.2 Å². The molecule has 0 spiro atoms. The molecule has 30 heavy (non-hydrogen) atoms. The molecule has 6 rings (SSSR count). The lowest BCUT2D eigenvalue weighted by Gasteiger charge is -2.37. The zero-order valence-corrected chi connectivity index (χ0v) is 18.6. The van der Waals surface area contributed by atoms with Crippen molar-refractivity contribution in [3.05, 3.63) is 29.8 Å². The van der Waals surface area contributed by atoms with E-state index in [4.69, 9.17) is 0 Å². The minimum Gasteiger partial charge on any atom is -0.274 e. The Balaban J connectivity index is 1.20. The first-order valence-electron chi connectivity index (χ1n) is 12.4. The Labute approximate surface area is 180 Å². The van der Waals surface area contributed by atoms with Crippen LogP contribution in [0.3, 0.4) is 0 Å². The average Bonchev–Trinajstić information content (AvgIpc) is 3.52. The molecular weight excluding hydrogens is 370 g/mol. The fraction of sp³-hybridized carbons (Fsp3) is 0.704. The van der Waals surface area contributed by atoms with Gasteiger partial charge in [-0.15, -0.1) is 0 Å². The van der Waals surface area contributed by atoms with Crippen molar-refractivity contribution in [3.8, 4) is 0 Å². The third kappa shape index (κ3) is 2.56. The monoisotopic (exact) mass is 405 g/mol. The molecule has 5 fully saturated rings. The van der Waals surface area contributed by atoms with E-state index in [-0.39, 0.29) is 23.7 Å². The van der Waals surface area contributed by atoms with Crippen LogP contribution in [0.4, 0.5) is 5.69 Å². The van der Waals surface area contributed by atoms with Crippen molar-refractivity contribution < 1.29 is 9.59 Å². The number of hydrogen-bond acceptors (Lipinski definition) is 2. The molecule has 4 bridgehead atoms. The highest BCUT2D eigenvalue weighted by Crippen LogP contribution is 2.62. The number of carbonyl (C=O) groups excluding carboxylic acids is 2. The predicted octanol–water partition coefficient (Wildman–Crippen LogP) is 5.47. The Morgan fingerprint density at radius 2 is 1.63 bits per heavy atom. The number of imide groups is 1. The second kappa shape index (κ2) is 6.68. The first-order chi connectivity index (χ1) is 14.4. The number of benzene rings is 1. The minimum atomic E-state index is -0.0533. The molecule has 160 valence electrons. The SMILES string of the molecule is Cc1ccc(N2C(=O)[C@@H]3C4CC(CC4C(C)CC4C5CCC(C5)C4C)[C@@H]3C2=O)cc1. The third-order valence-electron chi connectivity index (χ3n) is 10.3. The Bertz CT molecular complexity index is 873. The highest BCUT2D eigenvalue weighted by molar-refractivity contribution is 6.22. The van der Waals surface area contributed by atoms with Crippen LogP contribution in [0.5, 0.6) is 0 Å². The molecule has 0 radical (unpaired) electrons. The van der Waals surface area contributed by atoms with Crippen LogP contribution in [0.1, 0.15) is 57.9 Å². The summed E-state index contributed by atoms with van der Waals surface area (Å²) in [6.45, 7) is 6.99. The minimum absolute atomic E-state index is 0.0475. The van der Waals surface area contributed by atoms with Crippen LogP contribution in [-0.2, 0) is 9.59 Å². The lowest BCUT2D eigenvalue weighted by molar-refractivity contribution is -0.123. The zero-order chi connectivity index (χ0) is 20.7. The largest absolute Gasteiger partial charge is 0.274 e. The van der Waals surface area contributed by atoms with E-state index in [1.165, 1.54) is 37.0 Å². The highest BCUT2D eigenvalue weighted by atomic mass is 16.2. The summed E-state index contributed by atoms with van der Waals surface area (Å²) in [5.41, 5.74) is 1.92. The first kappa shape index (κ1) is 19.1. The summed E-state index contributed by atoms with van der Waals surface area (Å²) in [5, 5.41) is 0. The molecule has 2 amide bonds. The van der Waals surface area contributed by atoms with Gasteiger partial charge in [-0.1, -0.05) is 31.5 Å². The molecular formula is C27H35NO2. The van der Waals surface area contributed by atoms with Gasteiger partial charge in [0.05, 0.1) is 17.5 Å². The van der Waals surface area contributed by atoms with Crippen molar-refractivity contribution in [1.29, 1.82) is 0 Å². The van der Waals surface area contributed by atoms with E-state index in [0.717, 1.165) is 41.3 Å². The van der Waals surface area contributed by atoms with Gasteiger partial charge in [-0.3, -0.25) is 14.5 Å². The molecule has 1 aromatic rings. The normalized spacial score (nSPS) is 44.9. The molecule has 1 heterocycles. The predicted molar refractivity (Wildman–Crippen MR) is 118 cm³/mol. The van der Waals surface area contributed by atoms with Crippen molar-refractivity contribution >= 4 is 17.5 Å². The van der Waals surface area contributed by atoms with Crippen LogP contribution in [0, 0.1) is 66.1 Å². The van der Waals surface area contributed by atoms with Gasteiger partial charge < -0.3 is 0 Å². The van der Waals surface area contributed by atoms with E-state index in [0.29, 0.717) is 23.7 Å². The summed E-state index contributed by atoms with van der Waals surface area (Å²) >= 11 is 0. The van der Waals surface area contributed by atoms with E-state index >= 15 is 0 Å². The molecule has 0 N–H and O–H groups in total. The summed E-state index contributed by atoms with van der Waals surface area (Å²) in [6, 6.07) is 7.87. The first-order valence-corrected chi connectivity index (χ1v) is 12.4. The van der Waals surface area contributed by atoms with Crippen molar-refractivity contribution in [1.82, 2.24) is 0 Å². The van der Waals surface area contributed by atoms with Gasteiger partial charge in [-0.05, 0) is 105 Å². The van der Waals surface area contributed by atoms with E-state index in [2.05, 4.69) is 13.8 Å². The van der Waals surface area contributed by atoms with Crippen LogP contribution < -0.4 is 4.90 Å². The fourth-order valence-electron chi connectivity index (χ4n) is 8.82. The standard InChI is InChI=1S/C27H35NO2/c1-14-4-8-20(9-5-14)28-26(29)24-19-12-21(23(13-19)25(24)27(28)30)15(2)10-22-16(3)17-6-7-18(22)11-17/h4-5,8-9,15-19,21-25H,6-7,10-13H2,1-3H3/t15?,16?,17?,18?,19?,21?,22?,23?,24-,25+/m0/s1. The van der Waals surface area contributed by atoms with Gasteiger partial charge in [0.2, 0.25) is 11.8 Å². The number of anilines is 1. The Hall–Kier alpha value is -1.64. The second-order valence-electron chi connectivity index (χ2n) is 11.5. The molecule has 1 aromatic carbocycles. The van der Waals surface area contributed by atoms with Crippen LogP contribution in [0.25, 0.3) is 0 Å². The van der Waals surface area contributed by atoms with Gasteiger partial charge in [0, 0.05) is 0 Å². The number of nitrogens with zero attached hydrogens (tertiary/aromatic N) is 1. The molecule has 1 aliphatic heterocycles.